The first-order chi connectivity index (χ1) is 11.8. The lowest BCUT2D eigenvalue weighted by molar-refractivity contribution is -0.140. The third kappa shape index (κ3) is 3.84. The number of nitrogens with one attached hydrogen (secondary N) is 1. The topological polar surface area (TPSA) is 62.6 Å². The summed E-state index contributed by atoms with van der Waals surface area (Å²) in [6.07, 6.45) is -2.18. The number of amides is 3. The Balaban J connectivity index is 1.55. The Bertz CT molecular complexity index is 754. The number of nitrogens with zero attached hydrogens (tertiary/aromatic N) is 1. The number of carbonyl (C=O) groups is 2. The molecular formula is C17H15F3N2O3. The van der Waals surface area contributed by atoms with Crippen LogP contribution < -0.4 is 5.32 Å². The van der Waals surface area contributed by atoms with Crippen LogP contribution in [0.2, 0.25) is 0 Å². The Labute approximate surface area is 141 Å². The number of urea groups is 1. The van der Waals surface area contributed by atoms with Crippen molar-refractivity contribution in [3.63, 3.8) is 0 Å². The lowest BCUT2D eigenvalue weighted by Gasteiger charge is -2.38. The summed E-state index contributed by atoms with van der Waals surface area (Å²) in [6, 6.07) is 7.15. The van der Waals surface area contributed by atoms with Crippen LogP contribution in [0.25, 0.3) is 0 Å². The number of likely N-dealkylation sites (tertiary alicyclic amines) is 1. The number of halogens is 3. The van der Waals surface area contributed by atoms with Gasteiger partial charge in [-0.05, 0) is 29.8 Å². The maximum atomic E-state index is 12.5. The van der Waals surface area contributed by atoms with Gasteiger partial charge < -0.3 is 9.73 Å². The van der Waals surface area contributed by atoms with Gasteiger partial charge in [0, 0.05) is 19.4 Å². The zero-order chi connectivity index (χ0) is 18.0. The number of carbonyl (C=O) groups excluding carboxylic acids is 2. The second-order valence-electron chi connectivity index (χ2n) is 5.76. The van der Waals surface area contributed by atoms with Crippen molar-refractivity contribution in [3.05, 3.63) is 59.5 Å². The summed E-state index contributed by atoms with van der Waals surface area (Å²) in [5.74, 6) is 0.388. The molecule has 0 unspecified atom stereocenters. The van der Waals surface area contributed by atoms with Crippen molar-refractivity contribution >= 4 is 11.9 Å². The minimum atomic E-state index is -4.40. The van der Waals surface area contributed by atoms with Gasteiger partial charge in [-0.25, -0.2) is 4.79 Å². The van der Waals surface area contributed by atoms with Crippen LogP contribution in [0.4, 0.5) is 18.0 Å². The summed E-state index contributed by atoms with van der Waals surface area (Å²) >= 11 is 0. The van der Waals surface area contributed by atoms with E-state index in [1.54, 1.807) is 12.1 Å². The highest BCUT2D eigenvalue weighted by Gasteiger charge is 2.41. The molecule has 1 fully saturated rings. The number of furan rings is 1. The average Bonchev–Trinajstić information content (AvgIpc) is 3.05. The van der Waals surface area contributed by atoms with Crippen molar-refractivity contribution in [2.75, 3.05) is 0 Å². The van der Waals surface area contributed by atoms with E-state index in [9.17, 15) is 22.8 Å². The predicted molar refractivity (Wildman–Crippen MR) is 81.3 cm³/mol. The molecule has 1 atom stereocenters. The fraction of sp³-hybridized carbons (Fsp3) is 0.294. The number of benzene rings is 1. The molecule has 1 saturated heterocycles. The van der Waals surface area contributed by atoms with Crippen LogP contribution in [0, 0.1) is 0 Å². The summed E-state index contributed by atoms with van der Waals surface area (Å²) in [6.45, 7) is 0.0359. The van der Waals surface area contributed by atoms with Gasteiger partial charge in [-0.1, -0.05) is 12.1 Å². The number of alkyl halides is 3. The van der Waals surface area contributed by atoms with Gasteiger partial charge >= 0.3 is 12.2 Å². The zero-order valence-corrected chi connectivity index (χ0v) is 13.0. The minimum Gasteiger partial charge on any atom is -0.469 e. The second-order valence-corrected chi connectivity index (χ2v) is 5.76. The molecular weight excluding hydrogens is 337 g/mol. The largest absolute Gasteiger partial charge is 0.469 e. The van der Waals surface area contributed by atoms with E-state index in [4.69, 9.17) is 4.42 Å². The fourth-order valence-corrected chi connectivity index (χ4v) is 2.66. The molecule has 8 heteroatoms. The van der Waals surface area contributed by atoms with Crippen LogP contribution in [0.5, 0.6) is 0 Å². The standard InChI is InChI=1S/C17H15F3N2O3/c18-17(19,20)12-5-3-11(4-6-12)10-21-16(24)22-13(9-15(22)23)8-14-2-1-7-25-14/h1-7,13H,8-10H2,(H,21,24)/t13-/m0/s1. The van der Waals surface area contributed by atoms with E-state index in [-0.39, 0.29) is 24.9 Å². The van der Waals surface area contributed by atoms with Gasteiger partial charge in [0.2, 0.25) is 5.91 Å². The lowest BCUT2D eigenvalue weighted by Crippen LogP contribution is -2.59. The quantitative estimate of drug-likeness (QED) is 0.859. The normalized spacial score (nSPS) is 17.3. The van der Waals surface area contributed by atoms with Crippen molar-refractivity contribution in [3.8, 4) is 0 Å². The van der Waals surface area contributed by atoms with Crippen molar-refractivity contribution in [1.29, 1.82) is 0 Å². The van der Waals surface area contributed by atoms with Crippen molar-refractivity contribution < 1.29 is 27.2 Å². The molecule has 1 aliphatic rings. The molecule has 0 bridgehead atoms. The molecule has 0 saturated carbocycles. The highest BCUT2D eigenvalue weighted by Crippen LogP contribution is 2.29. The molecule has 2 aromatic rings. The molecule has 1 aromatic carbocycles. The van der Waals surface area contributed by atoms with Gasteiger partial charge in [0.25, 0.3) is 0 Å². The van der Waals surface area contributed by atoms with E-state index in [0.29, 0.717) is 17.7 Å². The smallest absolute Gasteiger partial charge is 0.416 e. The van der Waals surface area contributed by atoms with E-state index in [0.717, 1.165) is 17.0 Å². The third-order valence-electron chi connectivity index (χ3n) is 4.00. The molecule has 25 heavy (non-hydrogen) atoms. The predicted octanol–water partition coefficient (Wildman–Crippen LogP) is 3.35. The van der Waals surface area contributed by atoms with Gasteiger partial charge in [-0.15, -0.1) is 0 Å². The summed E-state index contributed by atoms with van der Waals surface area (Å²) in [7, 11) is 0. The molecule has 2 heterocycles. The van der Waals surface area contributed by atoms with E-state index in [2.05, 4.69) is 5.32 Å². The van der Waals surface area contributed by atoms with Gasteiger partial charge in [0.15, 0.2) is 0 Å². The number of rotatable bonds is 4. The SMILES string of the molecule is O=C1C[C@H](Cc2ccco2)N1C(=O)NCc1ccc(C(F)(F)F)cc1. The molecule has 1 aromatic heterocycles. The van der Waals surface area contributed by atoms with Crippen LogP contribution in [-0.4, -0.2) is 22.9 Å². The first kappa shape index (κ1) is 17.1. The molecule has 0 radical (unpaired) electrons. The Kier molecular flexibility index (Phi) is 4.52. The van der Waals surface area contributed by atoms with Crippen molar-refractivity contribution in [2.24, 2.45) is 0 Å². The van der Waals surface area contributed by atoms with Gasteiger partial charge in [-0.2, -0.15) is 13.2 Å². The molecule has 5 nitrogen and oxygen atoms in total. The average molecular weight is 352 g/mol. The molecule has 1 N–H and O–H groups in total. The molecule has 1 aliphatic heterocycles. The number of β-lactam (4-membered cyclic amide) rings is 1. The third-order valence-corrected chi connectivity index (χ3v) is 4.00. The number of hydrogen-bond acceptors (Lipinski definition) is 3. The van der Waals surface area contributed by atoms with E-state index in [1.807, 2.05) is 0 Å². The maximum Gasteiger partial charge on any atom is 0.416 e. The minimum absolute atomic E-state index is 0.0359. The van der Waals surface area contributed by atoms with Crippen LogP contribution in [0.3, 0.4) is 0 Å². The lowest BCUT2D eigenvalue weighted by atomic mass is 9.98. The molecule has 132 valence electrons. The summed E-state index contributed by atoms with van der Waals surface area (Å²) in [5, 5.41) is 2.55. The van der Waals surface area contributed by atoms with E-state index in [1.165, 1.54) is 18.4 Å². The Morgan fingerprint density at radius 3 is 2.52 bits per heavy atom. The molecule has 3 rings (SSSR count). The number of hydrogen-bond donors (Lipinski definition) is 1. The highest BCUT2D eigenvalue weighted by molar-refractivity contribution is 5.99. The van der Waals surface area contributed by atoms with Crippen LogP contribution in [0.15, 0.2) is 47.1 Å². The van der Waals surface area contributed by atoms with Crippen LogP contribution in [0.1, 0.15) is 23.3 Å². The summed E-state index contributed by atoms with van der Waals surface area (Å²) in [5.41, 5.74) is -0.240. The summed E-state index contributed by atoms with van der Waals surface area (Å²) in [4.78, 5) is 25.0. The Morgan fingerprint density at radius 2 is 1.96 bits per heavy atom. The monoisotopic (exact) mass is 352 g/mol. The fourth-order valence-electron chi connectivity index (χ4n) is 2.66. The second kappa shape index (κ2) is 6.62. The van der Waals surface area contributed by atoms with Crippen LogP contribution >= 0.6 is 0 Å². The Hall–Kier alpha value is -2.77. The van der Waals surface area contributed by atoms with Gasteiger partial charge in [0.1, 0.15) is 5.76 Å². The Morgan fingerprint density at radius 1 is 1.24 bits per heavy atom. The maximum absolute atomic E-state index is 12.5. The van der Waals surface area contributed by atoms with Crippen molar-refractivity contribution in [1.82, 2.24) is 10.2 Å². The van der Waals surface area contributed by atoms with Gasteiger partial charge in [-0.3, -0.25) is 9.69 Å². The first-order valence-corrected chi connectivity index (χ1v) is 7.63. The zero-order valence-electron chi connectivity index (χ0n) is 13.0. The van der Waals surface area contributed by atoms with E-state index < -0.39 is 17.8 Å². The van der Waals surface area contributed by atoms with Gasteiger partial charge in [0.05, 0.1) is 17.9 Å². The highest BCUT2D eigenvalue weighted by atomic mass is 19.4. The van der Waals surface area contributed by atoms with E-state index >= 15 is 0 Å². The summed E-state index contributed by atoms with van der Waals surface area (Å²) < 4.78 is 42.7. The molecule has 3 amide bonds. The molecule has 0 spiro atoms. The van der Waals surface area contributed by atoms with Crippen molar-refractivity contribution in [2.45, 2.75) is 31.6 Å². The first-order valence-electron chi connectivity index (χ1n) is 7.63. The van der Waals surface area contributed by atoms with Crippen LogP contribution in [-0.2, 0) is 23.9 Å². The number of imide groups is 1. The molecule has 0 aliphatic carbocycles.